The first-order chi connectivity index (χ1) is 18.2. The van der Waals surface area contributed by atoms with E-state index in [0.717, 1.165) is 39.5 Å². The molecule has 0 bridgehead atoms. The first kappa shape index (κ1) is 30.3. The van der Waals surface area contributed by atoms with Crippen LogP contribution in [-0.4, -0.2) is 53.5 Å². The second kappa shape index (κ2) is 13.7. The number of rotatable bonds is 11. The van der Waals surface area contributed by atoms with Crippen molar-refractivity contribution in [1.29, 1.82) is 0 Å². The van der Waals surface area contributed by atoms with Crippen LogP contribution in [0.15, 0.2) is 48.7 Å². The number of carbonyl (C=O) groups excluding carboxylic acids is 2. The third-order valence-corrected chi connectivity index (χ3v) is 7.93. The molecule has 2 amide bonds. The van der Waals surface area contributed by atoms with Gasteiger partial charge in [-0.05, 0) is 55.4 Å². The molecule has 0 saturated carbocycles. The van der Waals surface area contributed by atoms with Gasteiger partial charge in [-0.2, -0.15) is 0 Å². The van der Waals surface area contributed by atoms with Crippen molar-refractivity contribution >= 4 is 28.8 Å². The highest BCUT2D eigenvalue weighted by Gasteiger charge is 2.27. The fourth-order valence-corrected chi connectivity index (χ4v) is 5.48. The van der Waals surface area contributed by atoms with Gasteiger partial charge in [0.25, 0.3) is 5.91 Å². The number of fused-ring (bicyclic) bond motifs is 1. The predicted molar refractivity (Wildman–Crippen MR) is 162 cm³/mol. The molecule has 39 heavy (non-hydrogen) atoms. The van der Waals surface area contributed by atoms with E-state index in [1.54, 1.807) is 16.3 Å². The number of aromatic nitrogens is 1. The van der Waals surface area contributed by atoms with Gasteiger partial charge in [0, 0.05) is 49.0 Å². The maximum atomic E-state index is 13.6. The maximum Gasteiger partial charge on any atom is 0.256 e. The highest BCUT2D eigenvalue weighted by atomic mass is 32.1. The third-order valence-electron chi connectivity index (χ3n) is 6.97. The molecule has 1 N–H and O–H groups in total. The molecule has 0 unspecified atom stereocenters. The van der Waals surface area contributed by atoms with E-state index in [9.17, 15) is 9.59 Å². The molecule has 210 valence electrons. The summed E-state index contributed by atoms with van der Waals surface area (Å²) in [6.07, 6.45) is 3.88. The number of amides is 2. The quantitative estimate of drug-likeness (QED) is 0.306. The minimum absolute atomic E-state index is 0. The van der Waals surface area contributed by atoms with Crippen molar-refractivity contribution < 1.29 is 9.59 Å². The van der Waals surface area contributed by atoms with Gasteiger partial charge in [-0.3, -0.25) is 14.6 Å². The number of nitrogens with one attached hydrogen (secondary N) is 1. The van der Waals surface area contributed by atoms with Gasteiger partial charge in [0.2, 0.25) is 5.91 Å². The molecular weight excluding hydrogens is 506 g/mol. The lowest BCUT2D eigenvalue weighted by molar-refractivity contribution is -0.145. The molecule has 1 aliphatic heterocycles. The number of hydrazine groups is 1. The highest BCUT2D eigenvalue weighted by molar-refractivity contribution is 7.14. The van der Waals surface area contributed by atoms with Crippen molar-refractivity contribution in [3.63, 3.8) is 0 Å². The van der Waals surface area contributed by atoms with Gasteiger partial charge in [-0.15, -0.1) is 11.3 Å². The smallest absolute Gasteiger partial charge is 0.256 e. The third kappa shape index (κ3) is 7.90. The summed E-state index contributed by atoms with van der Waals surface area (Å²) in [5.74, 6) is 0.473. The zero-order chi connectivity index (χ0) is 27.2. The average molecular weight is 550 g/mol. The highest BCUT2D eigenvalue weighted by Crippen LogP contribution is 2.31. The molecule has 2 heterocycles. The Morgan fingerprint density at radius 2 is 1.77 bits per heavy atom. The summed E-state index contributed by atoms with van der Waals surface area (Å²) >= 11 is 1.64. The Hall–Kier alpha value is -3.23. The number of benzene rings is 2. The number of hydrogen-bond acceptors (Lipinski definition) is 6. The van der Waals surface area contributed by atoms with E-state index in [-0.39, 0.29) is 32.3 Å². The van der Waals surface area contributed by atoms with Gasteiger partial charge < -0.3 is 10.2 Å². The van der Waals surface area contributed by atoms with Crippen molar-refractivity contribution in [3.05, 3.63) is 70.2 Å². The Balaban J connectivity index is 0.00000420. The van der Waals surface area contributed by atoms with Crippen LogP contribution in [0.1, 0.15) is 55.7 Å². The summed E-state index contributed by atoms with van der Waals surface area (Å²) < 4.78 is 0. The number of hydrogen-bond donors (Lipinski definition) is 1. The van der Waals surface area contributed by atoms with Gasteiger partial charge in [0.15, 0.2) is 0 Å². The lowest BCUT2D eigenvalue weighted by atomic mass is 10.1. The van der Waals surface area contributed by atoms with Crippen molar-refractivity contribution in [1.82, 2.24) is 20.3 Å². The number of thiazole rings is 1. The standard InChI is InChI=1S/C30H39N5O2S.CH4/c1-21(2)9-8-14-31-28(36)19-34(27-15-24(13-12-22(27)3)30-32-16-23(4)38-30)20-29(37)33(5)35-17-25-10-6-7-11-26(25)18-35;/h6-7,10-13,15-16,21H,8-9,14,17-20H2,1-5H3,(H,31,36);1H4. The van der Waals surface area contributed by atoms with Crippen LogP contribution in [0, 0.1) is 19.8 Å². The fourth-order valence-electron chi connectivity index (χ4n) is 4.72. The van der Waals surface area contributed by atoms with Crippen LogP contribution in [0.4, 0.5) is 5.69 Å². The number of nitrogens with zero attached hydrogens (tertiary/aromatic N) is 4. The monoisotopic (exact) mass is 549 g/mol. The molecule has 0 fully saturated rings. The van der Waals surface area contributed by atoms with Crippen LogP contribution in [0.3, 0.4) is 0 Å². The van der Waals surface area contributed by atoms with Gasteiger partial charge in [-0.1, -0.05) is 57.7 Å². The van der Waals surface area contributed by atoms with Gasteiger partial charge in [0.05, 0.1) is 13.1 Å². The van der Waals surface area contributed by atoms with E-state index in [2.05, 4.69) is 53.4 Å². The zero-order valence-electron chi connectivity index (χ0n) is 23.2. The maximum absolute atomic E-state index is 13.6. The molecule has 0 radical (unpaired) electrons. The number of likely N-dealkylation sites (N-methyl/N-ethyl adjacent to an activating group) is 1. The number of carbonyl (C=O) groups is 2. The minimum atomic E-state index is -0.0762. The Morgan fingerprint density at radius 3 is 2.38 bits per heavy atom. The van der Waals surface area contributed by atoms with Crippen LogP contribution in [0.5, 0.6) is 0 Å². The average Bonchev–Trinajstić information content (AvgIpc) is 3.52. The summed E-state index contributed by atoms with van der Waals surface area (Å²) in [5.41, 5.74) is 5.36. The molecule has 8 heteroatoms. The number of anilines is 1. The normalized spacial score (nSPS) is 12.7. The molecule has 0 saturated heterocycles. The topological polar surface area (TPSA) is 68.8 Å². The van der Waals surface area contributed by atoms with Gasteiger partial charge in [-0.25, -0.2) is 9.99 Å². The van der Waals surface area contributed by atoms with E-state index in [1.807, 2.05) is 50.2 Å². The summed E-state index contributed by atoms with van der Waals surface area (Å²) in [5, 5.41) is 7.74. The predicted octanol–water partition coefficient (Wildman–Crippen LogP) is 5.81. The first-order valence-corrected chi connectivity index (χ1v) is 14.2. The second-order valence-corrected chi connectivity index (χ2v) is 11.8. The minimum Gasteiger partial charge on any atom is -0.355 e. The van der Waals surface area contributed by atoms with Crippen molar-refractivity contribution in [2.24, 2.45) is 5.92 Å². The van der Waals surface area contributed by atoms with Crippen LogP contribution in [0.25, 0.3) is 10.6 Å². The van der Waals surface area contributed by atoms with Crippen molar-refractivity contribution in [3.8, 4) is 10.6 Å². The summed E-state index contributed by atoms with van der Waals surface area (Å²) in [6.45, 7) is 10.7. The van der Waals surface area contributed by atoms with Crippen LogP contribution in [0.2, 0.25) is 0 Å². The van der Waals surface area contributed by atoms with Crippen molar-refractivity contribution in [2.45, 2.75) is 61.1 Å². The van der Waals surface area contributed by atoms with Crippen LogP contribution >= 0.6 is 11.3 Å². The lowest BCUT2D eigenvalue weighted by Gasteiger charge is -2.32. The van der Waals surface area contributed by atoms with E-state index in [1.165, 1.54) is 11.1 Å². The molecule has 0 spiro atoms. The molecule has 3 aromatic rings. The van der Waals surface area contributed by atoms with Gasteiger partial charge >= 0.3 is 0 Å². The molecule has 1 aromatic heterocycles. The molecule has 0 atom stereocenters. The molecule has 1 aliphatic rings. The molecule has 4 rings (SSSR count). The summed E-state index contributed by atoms with van der Waals surface area (Å²) in [4.78, 5) is 34.1. The molecular formula is C31H43N5O2S. The van der Waals surface area contributed by atoms with Crippen LogP contribution in [-0.2, 0) is 22.7 Å². The van der Waals surface area contributed by atoms with E-state index in [0.29, 0.717) is 25.6 Å². The van der Waals surface area contributed by atoms with E-state index >= 15 is 0 Å². The zero-order valence-corrected chi connectivity index (χ0v) is 24.0. The number of aryl methyl sites for hydroxylation is 2. The van der Waals surface area contributed by atoms with Gasteiger partial charge in [0.1, 0.15) is 5.01 Å². The van der Waals surface area contributed by atoms with Crippen molar-refractivity contribution in [2.75, 3.05) is 31.6 Å². The Morgan fingerprint density at radius 1 is 1.08 bits per heavy atom. The SMILES string of the molecule is C.Cc1cnc(-c2ccc(C)c(N(CC(=O)NCCCC(C)C)CC(=O)N(C)N3Cc4ccccc4C3)c2)s1. The molecule has 2 aromatic carbocycles. The van der Waals surface area contributed by atoms with Crippen LogP contribution < -0.4 is 10.2 Å². The Bertz CT molecular complexity index is 1250. The lowest BCUT2D eigenvalue weighted by Crippen LogP contribution is -2.48. The summed E-state index contributed by atoms with van der Waals surface area (Å²) in [6, 6.07) is 14.4. The van der Waals surface area contributed by atoms with E-state index in [4.69, 9.17) is 0 Å². The molecule has 7 nitrogen and oxygen atoms in total. The summed E-state index contributed by atoms with van der Waals surface area (Å²) in [7, 11) is 1.82. The molecule has 0 aliphatic carbocycles. The first-order valence-electron chi connectivity index (χ1n) is 13.3. The second-order valence-electron chi connectivity index (χ2n) is 10.5. The fraction of sp³-hybridized carbons (Fsp3) is 0.452. The van der Waals surface area contributed by atoms with E-state index < -0.39 is 0 Å². The largest absolute Gasteiger partial charge is 0.355 e. The Labute approximate surface area is 237 Å². The Kier molecular flexibility index (Phi) is 10.7.